The van der Waals surface area contributed by atoms with Crippen LogP contribution in [0.3, 0.4) is 0 Å². The quantitative estimate of drug-likeness (QED) is 0.574. The Kier molecular flexibility index (Phi) is 2.04. The Morgan fingerprint density at radius 1 is 1.12 bits per heavy atom. The molecule has 0 amide bonds. The topological polar surface area (TPSA) is 0 Å². The Balaban J connectivity index is 3.35. The first-order chi connectivity index (χ1) is 3.70. The van der Waals surface area contributed by atoms with E-state index in [1.165, 1.54) is 12.4 Å². The first kappa shape index (κ1) is 6.69. The molecule has 44 valence electrons. The van der Waals surface area contributed by atoms with Crippen LogP contribution in [0, 0.1) is 16.5 Å². The van der Waals surface area contributed by atoms with Crippen LogP contribution < -0.4 is 0 Å². The van der Waals surface area contributed by atoms with Gasteiger partial charge in [0.25, 0.3) is 0 Å². The number of aryl methyl sites for hydroxylation is 2. The van der Waals surface area contributed by atoms with Crippen LogP contribution in [0.25, 0.3) is 0 Å². The normalized spacial score (nSPS) is 9.75. The molecule has 1 rings (SSSR count). The van der Waals surface area contributed by atoms with Crippen LogP contribution in [0.5, 0.6) is 0 Å². The van der Waals surface area contributed by atoms with E-state index in [0.29, 0.717) is 0 Å². The minimum atomic E-state index is 1.33. The van der Waals surface area contributed by atoms with Gasteiger partial charge in [-0.1, -0.05) is 0 Å². The monoisotopic (exact) mass is 210 g/mol. The Hall–Kier alpha value is 0.569. The third-order valence-corrected chi connectivity index (χ3v) is 4.20. The molecule has 1 aromatic heterocycles. The van der Waals surface area contributed by atoms with E-state index in [-0.39, 0.29) is 0 Å². The van der Waals surface area contributed by atoms with Crippen molar-refractivity contribution in [1.82, 2.24) is 0 Å². The summed E-state index contributed by atoms with van der Waals surface area (Å²) in [5.41, 5.74) is 0. The molecule has 0 saturated carbocycles. The summed E-state index contributed by atoms with van der Waals surface area (Å²) in [5, 5.41) is 0. The van der Waals surface area contributed by atoms with Crippen molar-refractivity contribution >= 4 is 38.2 Å². The van der Waals surface area contributed by atoms with Gasteiger partial charge in [0, 0.05) is 0 Å². The van der Waals surface area contributed by atoms with E-state index in [4.69, 9.17) is 0 Å². The maximum absolute atomic E-state index is 3.00. The molecule has 3 heteroatoms. The molecule has 0 aromatic carbocycles. The third kappa shape index (κ3) is 1.29. The first-order valence-electron chi connectivity index (χ1n) is 2.27. The van der Waals surface area contributed by atoms with Gasteiger partial charge in [0.2, 0.25) is 0 Å². The molecule has 0 atom stereocenters. The van der Waals surface area contributed by atoms with E-state index >= 15 is 0 Å². The van der Waals surface area contributed by atoms with Crippen molar-refractivity contribution in [2.24, 2.45) is 0 Å². The minimum absolute atomic E-state index is 1.33. The van der Waals surface area contributed by atoms with Crippen LogP contribution in [-0.4, -0.2) is 15.6 Å². The molecule has 1 aromatic rings. The summed E-state index contributed by atoms with van der Waals surface area (Å²) < 4.78 is 1.33. The van der Waals surface area contributed by atoms with E-state index < -0.39 is 0 Å². The van der Waals surface area contributed by atoms with E-state index in [0.717, 1.165) is 0 Å². The second kappa shape index (κ2) is 2.44. The summed E-state index contributed by atoms with van der Waals surface area (Å²) in [5.74, 6) is 0. The second-order valence-corrected chi connectivity index (χ2v) is 6.30. The molecule has 0 radical (unpaired) electrons. The number of hydrogen-bond acceptors (Lipinski definition) is 2. The van der Waals surface area contributed by atoms with Crippen LogP contribution in [0.15, 0.2) is 0 Å². The van der Waals surface area contributed by atoms with Crippen molar-refractivity contribution in [3.05, 3.63) is 12.4 Å². The van der Waals surface area contributed by atoms with Crippen molar-refractivity contribution in [2.75, 3.05) is 0 Å². The standard InChI is InChI=1S/C5H6S2Se/c1-3-4(2)7-5(8)6-3/h1-2H3. The fraction of sp³-hybridized carbons (Fsp3) is 0.400. The van der Waals surface area contributed by atoms with E-state index in [1.54, 1.807) is 0 Å². The SMILES string of the molecule is Cc1sc(=[Se])sc1C. The van der Waals surface area contributed by atoms with Crippen molar-refractivity contribution < 1.29 is 0 Å². The summed E-state index contributed by atoms with van der Waals surface area (Å²) in [6.07, 6.45) is 0. The zero-order chi connectivity index (χ0) is 6.15. The summed E-state index contributed by atoms with van der Waals surface area (Å²) in [4.78, 5) is 2.87. The van der Waals surface area contributed by atoms with Gasteiger partial charge in [-0.15, -0.1) is 0 Å². The van der Waals surface area contributed by atoms with Gasteiger partial charge in [-0.05, 0) is 0 Å². The molecule has 0 fully saturated rings. The Labute approximate surface area is 64.6 Å². The molecule has 0 bridgehead atoms. The summed E-state index contributed by atoms with van der Waals surface area (Å²) in [7, 11) is 0. The van der Waals surface area contributed by atoms with Crippen molar-refractivity contribution in [1.29, 1.82) is 0 Å². The zero-order valence-corrected chi connectivity index (χ0v) is 8.07. The summed E-state index contributed by atoms with van der Waals surface area (Å²) in [6.45, 7) is 4.30. The molecule has 0 saturated heterocycles. The molecular formula is C5H6S2Se. The first-order valence-corrected chi connectivity index (χ1v) is 4.76. The molecule has 0 aliphatic rings. The molecule has 1 heterocycles. The molecule has 0 unspecified atom stereocenters. The van der Waals surface area contributed by atoms with E-state index in [9.17, 15) is 0 Å². The van der Waals surface area contributed by atoms with Gasteiger partial charge in [-0.3, -0.25) is 0 Å². The fourth-order valence-electron chi connectivity index (χ4n) is 0.415. The van der Waals surface area contributed by atoms with Crippen molar-refractivity contribution in [2.45, 2.75) is 13.8 Å². The van der Waals surface area contributed by atoms with E-state index in [2.05, 4.69) is 29.4 Å². The van der Waals surface area contributed by atoms with Gasteiger partial charge in [-0.25, -0.2) is 0 Å². The van der Waals surface area contributed by atoms with Crippen LogP contribution in [0.2, 0.25) is 0 Å². The van der Waals surface area contributed by atoms with Gasteiger partial charge in [0.1, 0.15) is 0 Å². The summed E-state index contributed by atoms with van der Waals surface area (Å²) >= 11 is 6.66. The predicted octanol–water partition coefficient (Wildman–Crippen LogP) is 2.13. The Bertz CT molecular complexity index is 210. The van der Waals surface area contributed by atoms with Gasteiger partial charge in [-0.2, -0.15) is 0 Å². The van der Waals surface area contributed by atoms with Crippen LogP contribution in [0.1, 0.15) is 9.75 Å². The second-order valence-electron chi connectivity index (χ2n) is 1.57. The maximum atomic E-state index is 3.00. The van der Waals surface area contributed by atoms with Gasteiger partial charge >= 0.3 is 64.5 Å². The number of hydrogen-bond donors (Lipinski definition) is 0. The molecular weight excluding hydrogens is 203 g/mol. The fourth-order valence-corrected chi connectivity index (χ4v) is 3.94. The Morgan fingerprint density at radius 2 is 1.50 bits per heavy atom. The average Bonchev–Trinajstić information content (AvgIpc) is 1.85. The van der Waals surface area contributed by atoms with Gasteiger partial charge in [0.15, 0.2) is 0 Å². The van der Waals surface area contributed by atoms with Crippen molar-refractivity contribution in [3.8, 4) is 0 Å². The Morgan fingerprint density at radius 3 is 1.62 bits per heavy atom. The average molecular weight is 209 g/mol. The summed E-state index contributed by atoms with van der Waals surface area (Å²) in [6, 6.07) is 0. The van der Waals surface area contributed by atoms with Crippen LogP contribution >= 0.6 is 22.7 Å². The van der Waals surface area contributed by atoms with E-state index in [1.807, 2.05) is 22.7 Å². The molecule has 0 aliphatic carbocycles. The predicted molar refractivity (Wildman–Crippen MR) is 40.7 cm³/mol. The number of rotatable bonds is 0. The third-order valence-electron chi connectivity index (χ3n) is 0.969. The van der Waals surface area contributed by atoms with Crippen molar-refractivity contribution in [3.63, 3.8) is 0 Å². The molecule has 8 heavy (non-hydrogen) atoms. The molecule has 0 nitrogen and oxygen atoms in total. The molecule has 0 aliphatic heterocycles. The zero-order valence-electron chi connectivity index (χ0n) is 4.72. The van der Waals surface area contributed by atoms with Gasteiger partial charge < -0.3 is 0 Å². The molecule has 0 N–H and O–H groups in total. The molecule has 0 spiro atoms. The van der Waals surface area contributed by atoms with Gasteiger partial charge in [0.05, 0.1) is 0 Å². The van der Waals surface area contributed by atoms with Crippen LogP contribution in [0.4, 0.5) is 0 Å². The van der Waals surface area contributed by atoms with Crippen LogP contribution in [-0.2, 0) is 0 Å².